The largest absolute Gasteiger partial charge is 0.461 e. The van der Waals surface area contributed by atoms with Crippen LogP contribution in [0.25, 0.3) is 22.3 Å². The van der Waals surface area contributed by atoms with Crippen LogP contribution in [-0.2, 0) is 0 Å². The Morgan fingerprint density at radius 1 is 1.19 bits per heavy atom. The fraction of sp³-hybridized carbons (Fsp3) is 0.0833. The Balaban J connectivity index is 2.17. The van der Waals surface area contributed by atoms with Gasteiger partial charge in [0.1, 0.15) is 11.3 Å². The standard InChI is InChI=1S/C12H10N2O2/c1-7-4-9-5-8(2-3-10(9)15-7)11-6-12(13)14-16-11/h2-6H,1H3,(H2,13,14). The highest BCUT2D eigenvalue weighted by Gasteiger charge is 2.07. The van der Waals surface area contributed by atoms with E-state index in [-0.39, 0.29) is 0 Å². The molecule has 0 bridgehead atoms. The molecular weight excluding hydrogens is 204 g/mol. The first-order valence-corrected chi connectivity index (χ1v) is 4.95. The van der Waals surface area contributed by atoms with Crippen molar-refractivity contribution in [3.8, 4) is 11.3 Å². The average Bonchev–Trinajstić information content (AvgIpc) is 2.81. The molecule has 16 heavy (non-hydrogen) atoms. The molecule has 0 amide bonds. The predicted octanol–water partition coefficient (Wildman–Crippen LogP) is 2.98. The molecule has 0 unspecified atom stereocenters. The minimum absolute atomic E-state index is 0.387. The quantitative estimate of drug-likeness (QED) is 0.676. The van der Waals surface area contributed by atoms with Crippen LogP contribution in [0.4, 0.5) is 5.82 Å². The van der Waals surface area contributed by atoms with Gasteiger partial charge >= 0.3 is 0 Å². The molecule has 0 aliphatic rings. The Morgan fingerprint density at radius 3 is 2.81 bits per heavy atom. The third-order valence-electron chi connectivity index (χ3n) is 2.45. The number of furan rings is 1. The predicted molar refractivity (Wildman–Crippen MR) is 60.9 cm³/mol. The lowest BCUT2D eigenvalue weighted by Crippen LogP contribution is -1.79. The molecule has 80 valence electrons. The molecule has 0 fully saturated rings. The lowest BCUT2D eigenvalue weighted by atomic mass is 10.1. The van der Waals surface area contributed by atoms with Crippen LogP contribution in [0.5, 0.6) is 0 Å². The van der Waals surface area contributed by atoms with Gasteiger partial charge in [-0.2, -0.15) is 0 Å². The van der Waals surface area contributed by atoms with E-state index in [1.807, 2.05) is 31.2 Å². The second-order valence-corrected chi connectivity index (χ2v) is 3.73. The summed E-state index contributed by atoms with van der Waals surface area (Å²) < 4.78 is 10.6. The summed E-state index contributed by atoms with van der Waals surface area (Å²) in [5.74, 6) is 1.95. The zero-order valence-electron chi connectivity index (χ0n) is 8.73. The third kappa shape index (κ3) is 1.35. The topological polar surface area (TPSA) is 65.2 Å². The van der Waals surface area contributed by atoms with E-state index in [4.69, 9.17) is 14.7 Å². The molecule has 3 rings (SSSR count). The molecule has 1 aromatic carbocycles. The lowest BCUT2D eigenvalue weighted by molar-refractivity contribution is 0.436. The Labute approximate surface area is 91.6 Å². The van der Waals surface area contributed by atoms with E-state index in [0.717, 1.165) is 22.3 Å². The molecule has 0 aliphatic carbocycles. The van der Waals surface area contributed by atoms with Gasteiger partial charge in [0.25, 0.3) is 0 Å². The molecule has 0 aliphatic heterocycles. The molecule has 4 nitrogen and oxygen atoms in total. The number of aromatic nitrogens is 1. The van der Waals surface area contributed by atoms with Gasteiger partial charge in [0.15, 0.2) is 11.6 Å². The number of hydrogen-bond acceptors (Lipinski definition) is 4. The zero-order chi connectivity index (χ0) is 11.1. The minimum atomic E-state index is 0.387. The number of rotatable bonds is 1. The molecule has 0 radical (unpaired) electrons. The van der Waals surface area contributed by atoms with E-state index in [2.05, 4.69) is 5.16 Å². The van der Waals surface area contributed by atoms with E-state index in [9.17, 15) is 0 Å². The number of benzene rings is 1. The van der Waals surface area contributed by atoms with Crippen molar-refractivity contribution in [3.05, 3.63) is 36.1 Å². The van der Waals surface area contributed by atoms with Crippen LogP contribution >= 0.6 is 0 Å². The van der Waals surface area contributed by atoms with Crippen molar-refractivity contribution in [2.75, 3.05) is 5.73 Å². The summed E-state index contributed by atoms with van der Waals surface area (Å²) in [7, 11) is 0. The summed E-state index contributed by atoms with van der Waals surface area (Å²) in [5, 5.41) is 4.70. The lowest BCUT2D eigenvalue weighted by Gasteiger charge is -1.94. The molecule has 0 saturated heterocycles. The van der Waals surface area contributed by atoms with E-state index in [0.29, 0.717) is 11.6 Å². The van der Waals surface area contributed by atoms with Gasteiger partial charge in [-0.1, -0.05) is 5.16 Å². The highest BCUT2D eigenvalue weighted by Crippen LogP contribution is 2.27. The monoisotopic (exact) mass is 214 g/mol. The second kappa shape index (κ2) is 3.13. The normalized spacial score (nSPS) is 11.1. The van der Waals surface area contributed by atoms with Crippen molar-refractivity contribution in [2.24, 2.45) is 0 Å². The third-order valence-corrected chi connectivity index (χ3v) is 2.45. The average molecular weight is 214 g/mol. The van der Waals surface area contributed by atoms with Gasteiger partial charge in [-0.25, -0.2) is 0 Å². The Hall–Kier alpha value is -2.23. The molecule has 2 heterocycles. The summed E-state index contributed by atoms with van der Waals surface area (Å²) in [6.45, 7) is 1.92. The van der Waals surface area contributed by atoms with Crippen molar-refractivity contribution >= 4 is 16.8 Å². The Bertz CT molecular complexity index is 652. The molecule has 0 spiro atoms. The van der Waals surface area contributed by atoms with Gasteiger partial charge in [-0.05, 0) is 31.2 Å². The summed E-state index contributed by atoms with van der Waals surface area (Å²) in [6.07, 6.45) is 0. The van der Waals surface area contributed by atoms with E-state index in [1.165, 1.54) is 0 Å². The zero-order valence-corrected chi connectivity index (χ0v) is 8.73. The highest BCUT2D eigenvalue weighted by molar-refractivity contribution is 5.83. The van der Waals surface area contributed by atoms with Crippen molar-refractivity contribution in [1.82, 2.24) is 5.16 Å². The van der Waals surface area contributed by atoms with Crippen LogP contribution in [0.3, 0.4) is 0 Å². The number of fused-ring (bicyclic) bond motifs is 1. The van der Waals surface area contributed by atoms with Gasteiger partial charge in [-0.3, -0.25) is 0 Å². The SMILES string of the molecule is Cc1cc2cc(-c3cc(N)no3)ccc2o1. The van der Waals surface area contributed by atoms with E-state index >= 15 is 0 Å². The van der Waals surface area contributed by atoms with E-state index in [1.54, 1.807) is 6.07 Å². The number of hydrogen-bond donors (Lipinski definition) is 1. The Morgan fingerprint density at radius 2 is 2.06 bits per heavy atom. The maximum absolute atomic E-state index is 5.51. The highest BCUT2D eigenvalue weighted by atomic mass is 16.5. The number of nitrogens with zero attached hydrogens (tertiary/aromatic N) is 1. The number of nitrogen functional groups attached to an aromatic ring is 1. The molecule has 3 aromatic rings. The van der Waals surface area contributed by atoms with Gasteiger partial charge in [0.2, 0.25) is 0 Å². The second-order valence-electron chi connectivity index (χ2n) is 3.73. The van der Waals surface area contributed by atoms with Gasteiger partial charge in [0, 0.05) is 17.0 Å². The van der Waals surface area contributed by atoms with Crippen molar-refractivity contribution < 1.29 is 8.94 Å². The first kappa shape index (κ1) is 9.03. The first-order chi connectivity index (χ1) is 7.72. The summed E-state index contributed by atoms with van der Waals surface area (Å²) >= 11 is 0. The summed E-state index contributed by atoms with van der Waals surface area (Å²) in [4.78, 5) is 0. The van der Waals surface area contributed by atoms with Crippen LogP contribution in [-0.4, -0.2) is 5.16 Å². The van der Waals surface area contributed by atoms with Gasteiger partial charge in [-0.15, -0.1) is 0 Å². The van der Waals surface area contributed by atoms with Crippen molar-refractivity contribution in [3.63, 3.8) is 0 Å². The fourth-order valence-corrected chi connectivity index (χ4v) is 1.75. The van der Waals surface area contributed by atoms with Crippen molar-refractivity contribution in [2.45, 2.75) is 6.92 Å². The molecule has 4 heteroatoms. The summed E-state index contributed by atoms with van der Waals surface area (Å²) in [6, 6.07) is 9.51. The van der Waals surface area contributed by atoms with Gasteiger partial charge < -0.3 is 14.7 Å². The van der Waals surface area contributed by atoms with E-state index < -0.39 is 0 Å². The van der Waals surface area contributed by atoms with Crippen LogP contribution in [0.15, 0.2) is 39.3 Å². The number of anilines is 1. The Kier molecular flexibility index (Phi) is 1.77. The van der Waals surface area contributed by atoms with Crippen LogP contribution in [0, 0.1) is 6.92 Å². The van der Waals surface area contributed by atoms with Crippen molar-refractivity contribution in [1.29, 1.82) is 0 Å². The fourth-order valence-electron chi connectivity index (χ4n) is 1.75. The molecule has 0 saturated carbocycles. The molecule has 0 atom stereocenters. The van der Waals surface area contributed by atoms with Gasteiger partial charge in [0.05, 0.1) is 0 Å². The minimum Gasteiger partial charge on any atom is -0.461 e. The molecule has 2 aromatic heterocycles. The first-order valence-electron chi connectivity index (χ1n) is 4.95. The maximum Gasteiger partial charge on any atom is 0.169 e. The number of nitrogens with two attached hydrogens (primary N) is 1. The number of aryl methyl sites for hydroxylation is 1. The smallest absolute Gasteiger partial charge is 0.169 e. The van der Waals surface area contributed by atoms with Crippen LogP contribution in [0.2, 0.25) is 0 Å². The maximum atomic E-state index is 5.51. The molecular formula is C12H10N2O2. The summed E-state index contributed by atoms with van der Waals surface area (Å²) in [5.41, 5.74) is 7.32. The van der Waals surface area contributed by atoms with Crippen LogP contribution < -0.4 is 5.73 Å². The van der Waals surface area contributed by atoms with Crippen LogP contribution in [0.1, 0.15) is 5.76 Å². The molecule has 2 N–H and O–H groups in total.